The highest BCUT2D eigenvalue weighted by atomic mass is 16.2. The van der Waals surface area contributed by atoms with Gasteiger partial charge in [0.2, 0.25) is 0 Å². The molecule has 4 rings (SSSR count). The number of urea groups is 1. The predicted molar refractivity (Wildman–Crippen MR) is 113 cm³/mol. The van der Waals surface area contributed by atoms with Gasteiger partial charge in [-0.2, -0.15) is 5.26 Å². The fourth-order valence-corrected chi connectivity index (χ4v) is 4.37. The smallest absolute Gasteiger partial charge is 0.317 e. The molecule has 0 bridgehead atoms. The van der Waals surface area contributed by atoms with Crippen molar-refractivity contribution >= 4 is 6.03 Å². The number of piperazine rings is 1. The third-order valence-electron chi connectivity index (χ3n) is 6.42. The van der Waals surface area contributed by atoms with Crippen molar-refractivity contribution in [3.05, 3.63) is 71.3 Å². The lowest BCUT2D eigenvalue weighted by molar-refractivity contribution is 0.131. The van der Waals surface area contributed by atoms with Crippen LogP contribution in [-0.4, -0.2) is 48.6 Å². The summed E-state index contributed by atoms with van der Waals surface area (Å²) in [5, 5.41) is 12.1. The van der Waals surface area contributed by atoms with E-state index in [1.807, 2.05) is 35.2 Å². The molecule has 0 atom stereocenters. The summed E-state index contributed by atoms with van der Waals surface area (Å²) in [6.07, 6.45) is 3.53. The molecule has 0 spiro atoms. The fraction of sp³-hybridized carbons (Fsp3) is 0.417. The van der Waals surface area contributed by atoms with Crippen LogP contribution in [0.4, 0.5) is 4.79 Å². The highest BCUT2D eigenvalue weighted by molar-refractivity contribution is 5.74. The molecule has 5 heteroatoms. The summed E-state index contributed by atoms with van der Waals surface area (Å²) in [5.41, 5.74) is 3.36. The van der Waals surface area contributed by atoms with Gasteiger partial charge >= 0.3 is 6.03 Å². The zero-order valence-corrected chi connectivity index (χ0v) is 16.8. The molecule has 2 aromatic rings. The second-order valence-electron chi connectivity index (χ2n) is 8.23. The molecule has 0 radical (unpaired) electrons. The Kier molecular flexibility index (Phi) is 5.82. The standard InChI is InChI=1S/C24H28N4O/c25-17-20-7-9-21(10-8-20)18-27-13-15-28(16-14-27)23(29)26-19-24(11-4-12-24)22-5-2-1-3-6-22/h1-3,5-10H,4,11-16,18-19H2,(H,26,29). The van der Waals surface area contributed by atoms with Crippen molar-refractivity contribution in [1.29, 1.82) is 5.26 Å². The van der Waals surface area contributed by atoms with E-state index in [-0.39, 0.29) is 11.4 Å². The number of hydrogen-bond acceptors (Lipinski definition) is 3. The summed E-state index contributed by atoms with van der Waals surface area (Å²) >= 11 is 0. The molecular weight excluding hydrogens is 360 g/mol. The average Bonchev–Trinajstić information content (AvgIpc) is 2.75. The number of nitriles is 1. The first-order valence-electron chi connectivity index (χ1n) is 10.5. The van der Waals surface area contributed by atoms with Crippen molar-refractivity contribution in [3.8, 4) is 6.07 Å². The van der Waals surface area contributed by atoms with Crippen LogP contribution < -0.4 is 5.32 Å². The van der Waals surface area contributed by atoms with Crippen molar-refractivity contribution in [3.63, 3.8) is 0 Å². The first kappa shape index (κ1) is 19.5. The number of carbonyl (C=O) groups excluding carboxylic acids is 1. The predicted octanol–water partition coefficient (Wildman–Crippen LogP) is 3.51. The van der Waals surface area contributed by atoms with Gasteiger partial charge in [0.15, 0.2) is 0 Å². The summed E-state index contributed by atoms with van der Waals surface area (Å²) < 4.78 is 0. The first-order chi connectivity index (χ1) is 14.2. The van der Waals surface area contributed by atoms with Crippen LogP contribution in [0.2, 0.25) is 0 Å². The Balaban J connectivity index is 1.25. The van der Waals surface area contributed by atoms with E-state index >= 15 is 0 Å². The Hall–Kier alpha value is -2.84. The van der Waals surface area contributed by atoms with Crippen LogP contribution in [0.5, 0.6) is 0 Å². The van der Waals surface area contributed by atoms with Crippen molar-refractivity contribution in [2.75, 3.05) is 32.7 Å². The molecule has 2 aliphatic rings. The molecule has 1 aliphatic carbocycles. The molecule has 150 valence electrons. The molecule has 0 unspecified atom stereocenters. The van der Waals surface area contributed by atoms with Crippen LogP contribution in [-0.2, 0) is 12.0 Å². The van der Waals surface area contributed by atoms with E-state index in [4.69, 9.17) is 5.26 Å². The fourth-order valence-electron chi connectivity index (χ4n) is 4.37. The summed E-state index contributed by atoms with van der Waals surface area (Å²) in [5.74, 6) is 0. The van der Waals surface area contributed by atoms with Crippen molar-refractivity contribution in [1.82, 2.24) is 15.1 Å². The Labute approximate surface area is 172 Å². The SMILES string of the molecule is N#Cc1ccc(CN2CCN(C(=O)NCC3(c4ccccc4)CCC3)CC2)cc1. The number of nitrogens with one attached hydrogen (secondary N) is 1. The molecule has 1 N–H and O–H groups in total. The molecule has 5 nitrogen and oxygen atoms in total. The van der Waals surface area contributed by atoms with E-state index in [1.165, 1.54) is 17.5 Å². The number of carbonyl (C=O) groups is 1. The number of hydrogen-bond donors (Lipinski definition) is 1. The van der Waals surface area contributed by atoms with Gasteiger partial charge in [0, 0.05) is 44.7 Å². The first-order valence-corrected chi connectivity index (χ1v) is 10.5. The zero-order chi connectivity index (χ0) is 20.1. The van der Waals surface area contributed by atoms with Gasteiger partial charge in [0.1, 0.15) is 0 Å². The van der Waals surface area contributed by atoms with E-state index in [0.29, 0.717) is 5.56 Å². The number of nitrogens with zero attached hydrogens (tertiary/aromatic N) is 3. The lowest BCUT2D eigenvalue weighted by atomic mass is 9.64. The van der Waals surface area contributed by atoms with Gasteiger partial charge in [0.05, 0.1) is 11.6 Å². The van der Waals surface area contributed by atoms with Crippen LogP contribution >= 0.6 is 0 Å². The summed E-state index contributed by atoms with van der Waals surface area (Å²) in [7, 11) is 0. The van der Waals surface area contributed by atoms with E-state index in [9.17, 15) is 4.79 Å². The molecule has 1 saturated heterocycles. The number of amides is 2. The van der Waals surface area contributed by atoms with Crippen LogP contribution in [0.25, 0.3) is 0 Å². The van der Waals surface area contributed by atoms with Crippen LogP contribution in [0.15, 0.2) is 54.6 Å². The molecule has 29 heavy (non-hydrogen) atoms. The Morgan fingerprint density at radius 1 is 1.00 bits per heavy atom. The summed E-state index contributed by atoms with van der Waals surface area (Å²) in [6.45, 7) is 4.83. The molecule has 1 aliphatic heterocycles. The van der Waals surface area contributed by atoms with Gasteiger partial charge in [-0.15, -0.1) is 0 Å². The highest BCUT2D eigenvalue weighted by Crippen LogP contribution is 2.43. The molecule has 1 saturated carbocycles. The van der Waals surface area contributed by atoms with E-state index < -0.39 is 0 Å². The molecule has 0 aromatic heterocycles. The van der Waals surface area contributed by atoms with Gasteiger partial charge in [-0.3, -0.25) is 4.90 Å². The quantitative estimate of drug-likeness (QED) is 0.853. The average molecular weight is 389 g/mol. The van der Waals surface area contributed by atoms with Crippen LogP contribution in [0, 0.1) is 11.3 Å². The minimum Gasteiger partial charge on any atom is -0.337 e. The number of rotatable bonds is 5. The van der Waals surface area contributed by atoms with E-state index in [1.54, 1.807) is 0 Å². The third kappa shape index (κ3) is 4.44. The second kappa shape index (κ2) is 8.67. The zero-order valence-electron chi connectivity index (χ0n) is 16.8. The van der Waals surface area contributed by atoms with Gasteiger partial charge in [0.25, 0.3) is 0 Å². The van der Waals surface area contributed by atoms with Gasteiger partial charge in [-0.25, -0.2) is 4.79 Å². The van der Waals surface area contributed by atoms with E-state index in [0.717, 1.165) is 52.1 Å². The molecule has 2 amide bonds. The maximum Gasteiger partial charge on any atom is 0.317 e. The second-order valence-corrected chi connectivity index (χ2v) is 8.23. The van der Waals surface area contributed by atoms with Crippen molar-refractivity contribution in [2.24, 2.45) is 0 Å². The van der Waals surface area contributed by atoms with Gasteiger partial charge in [-0.05, 0) is 36.1 Å². The summed E-state index contributed by atoms with van der Waals surface area (Å²) in [6, 6.07) is 20.6. The van der Waals surface area contributed by atoms with Gasteiger partial charge in [-0.1, -0.05) is 48.9 Å². The van der Waals surface area contributed by atoms with Crippen LogP contribution in [0.1, 0.15) is 36.0 Å². The van der Waals surface area contributed by atoms with E-state index in [2.05, 4.69) is 40.6 Å². The number of benzene rings is 2. The molecular formula is C24H28N4O. The Morgan fingerprint density at radius 3 is 2.28 bits per heavy atom. The van der Waals surface area contributed by atoms with Crippen molar-refractivity contribution < 1.29 is 4.79 Å². The lowest BCUT2D eigenvalue weighted by Gasteiger charge is -2.43. The highest BCUT2D eigenvalue weighted by Gasteiger charge is 2.39. The molecule has 1 heterocycles. The molecule has 2 fully saturated rings. The topological polar surface area (TPSA) is 59.4 Å². The third-order valence-corrected chi connectivity index (χ3v) is 6.42. The minimum absolute atomic E-state index is 0.0604. The Morgan fingerprint density at radius 2 is 1.69 bits per heavy atom. The Bertz CT molecular complexity index is 860. The van der Waals surface area contributed by atoms with Crippen molar-refractivity contribution in [2.45, 2.75) is 31.2 Å². The monoisotopic (exact) mass is 388 g/mol. The maximum atomic E-state index is 12.7. The lowest BCUT2D eigenvalue weighted by Crippen LogP contribution is -2.54. The van der Waals surface area contributed by atoms with Crippen LogP contribution in [0.3, 0.4) is 0 Å². The van der Waals surface area contributed by atoms with Gasteiger partial charge < -0.3 is 10.2 Å². The maximum absolute atomic E-state index is 12.7. The normalized spacial score (nSPS) is 18.5. The molecule has 2 aromatic carbocycles. The summed E-state index contributed by atoms with van der Waals surface area (Å²) in [4.78, 5) is 17.0. The largest absolute Gasteiger partial charge is 0.337 e. The minimum atomic E-state index is 0.0604.